The van der Waals surface area contributed by atoms with Gasteiger partial charge in [-0.15, -0.1) is 0 Å². The topological polar surface area (TPSA) is 42.4 Å². The van der Waals surface area contributed by atoms with Gasteiger partial charge in [-0.2, -0.15) is 13.2 Å². The zero-order chi connectivity index (χ0) is 14.3. The van der Waals surface area contributed by atoms with Crippen molar-refractivity contribution >= 4 is 11.6 Å². The number of ether oxygens (including phenoxy) is 1. The molecule has 3 nitrogen and oxygen atoms in total. The Labute approximate surface area is 113 Å². The second kappa shape index (κ2) is 4.92. The predicted octanol–water partition coefficient (Wildman–Crippen LogP) is 3.14. The van der Waals surface area contributed by atoms with Crippen LogP contribution in [0.25, 0.3) is 0 Å². The first-order valence-corrected chi connectivity index (χ1v) is 6.22. The summed E-state index contributed by atoms with van der Waals surface area (Å²) in [5.74, 6) is 0. The maximum absolute atomic E-state index is 12.5. The number of aliphatic hydroxyl groups is 1. The molecular formula is C12H13ClF3NO2. The van der Waals surface area contributed by atoms with E-state index in [0.717, 1.165) is 6.07 Å². The Hall–Kier alpha value is -0.850. The number of halogens is 4. The standard InChI is InChI=1S/C12H13ClF3NO2/c1-2-19-7-5-11(18,6-7)8-3-4-9(12(14,15)16)17-10(8)13/h3-4,7,18H,2,5-6H2,1H3. The van der Waals surface area contributed by atoms with Gasteiger partial charge in [-0.3, -0.25) is 0 Å². The minimum Gasteiger partial charge on any atom is -0.385 e. The Morgan fingerprint density at radius 3 is 2.58 bits per heavy atom. The summed E-state index contributed by atoms with van der Waals surface area (Å²) < 4.78 is 42.7. The molecule has 0 atom stereocenters. The number of nitrogens with zero attached hydrogens (tertiary/aromatic N) is 1. The molecule has 0 spiro atoms. The SMILES string of the molecule is CCOC1CC(O)(c2ccc(C(F)(F)F)nc2Cl)C1. The Morgan fingerprint density at radius 1 is 1.47 bits per heavy atom. The molecule has 106 valence electrons. The van der Waals surface area contributed by atoms with Crippen molar-refractivity contribution in [2.45, 2.75) is 37.6 Å². The minimum absolute atomic E-state index is 0.0895. The molecule has 0 aromatic carbocycles. The highest BCUT2D eigenvalue weighted by Crippen LogP contribution is 2.45. The number of pyridine rings is 1. The molecule has 19 heavy (non-hydrogen) atoms. The lowest BCUT2D eigenvalue weighted by atomic mass is 9.73. The van der Waals surface area contributed by atoms with Crippen LogP contribution >= 0.6 is 11.6 Å². The Bertz CT molecular complexity index is 473. The van der Waals surface area contributed by atoms with Crippen LogP contribution < -0.4 is 0 Å². The highest BCUT2D eigenvalue weighted by Gasteiger charge is 2.46. The molecule has 1 aliphatic rings. The fourth-order valence-corrected chi connectivity index (χ4v) is 2.54. The van der Waals surface area contributed by atoms with Gasteiger partial charge in [0, 0.05) is 25.0 Å². The lowest BCUT2D eigenvalue weighted by Crippen LogP contribution is -2.46. The summed E-state index contributed by atoms with van der Waals surface area (Å²) in [7, 11) is 0. The molecule has 0 radical (unpaired) electrons. The summed E-state index contributed by atoms with van der Waals surface area (Å²) in [5.41, 5.74) is -2.09. The van der Waals surface area contributed by atoms with Crippen molar-refractivity contribution in [2.24, 2.45) is 0 Å². The molecule has 1 aliphatic carbocycles. The molecule has 0 amide bonds. The Balaban J connectivity index is 2.19. The summed E-state index contributed by atoms with van der Waals surface area (Å²) in [4.78, 5) is 3.30. The summed E-state index contributed by atoms with van der Waals surface area (Å²) in [6, 6.07) is 2.01. The molecular weight excluding hydrogens is 283 g/mol. The van der Waals surface area contributed by atoms with Crippen LogP contribution in [0.2, 0.25) is 5.15 Å². The maximum atomic E-state index is 12.5. The summed E-state index contributed by atoms with van der Waals surface area (Å²) in [6.07, 6.45) is -4.01. The molecule has 1 aromatic heterocycles. The molecule has 2 rings (SSSR count). The van der Waals surface area contributed by atoms with E-state index in [1.54, 1.807) is 0 Å². The van der Waals surface area contributed by atoms with E-state index in [-0.39, 0.29) is 16.8 Å². The van der Waals surface area contributed by atoms with Gasteiger partial charge in [0.1, 0.15) is 10.8 Å². The Morgan fingerprint density at radius 2 is 2.11 bits per heavy atom. The zero-order valence-corrected chi connectivity index (χ0v) is 10.9. The highest BCUT2D eigenvalue weighted by atomic mass is 35.5. The average Bonchev–Trinajstić information content (AvgIpc) is 2.25. The van der Waals surface area contributed by atoms with Crippen molar-refractivity contribution in [1.29, 1.82) is 0 Å². The van der Waals surface area contributed by atoms with E-state index in [1.165, 1.54) is 6.07 Å². The van der Waals surface area contributed by atoms with Crippen LogP contribution in [0.1, 0.15) is 31.0 Å². The van der Waals surface area contributed by atoms with Crippen molar-refractivity contribution in [3.05, 3.63) is 28.5 Å². The van der Waals surface area contributed by atoms with E-state index >= 15 is 0 Å². The van der Waals surface area contributed by atoms with E-state index < -0.39 is 17.5 Å². The van der Waals surface area contributed by atoms with Gasteiger partial charge < -0.3 is 9.84 Å². The van der Waals surface area contributed by atoms with Gasteiger partial charge in [0.05, 0.1) is 11.7 Å². The van der Waals surface area contributed by atoms with Crippen molar-refractivity contribution in [1.82, 2.24) is 4.98 Å². The van der Waals surface area contributed by atoms with Gasteiger partial charge in [-0.1, -0.05) is 17.7 Å². The molecule has 0 bridgehead atoms. The third-order valence-electron chi connectivity index (χ3n) is 3.17. The van der Waals surface area contributed by atoms with Crippen molar-refractivity contribution in [2.75, 3.05) is 6.61 Å². The van der Waals surface area contributed by atoms with Crippen LogP contribution in [0.5, 0.6) is 0 Å². The molecule has 1 fully saturated rings. The number of rotatable bonds is 3. The van der Waals surface area contributed by atoms with Gasteiger partial charge in [0.2, 0.25) is 0 Å². The molecule has 1 N–H and O–H groups in total. The maximum Gasteiger partial charge on any atom is 0.433 e. The van der Waals surface area contributed by atoms with E-state index in [9.17, 15) is 18.3 Å². The zero-order valence-electron chi connectivity index (χ0n) is 10.2. The first-order valence-electron chi connectivity index (χ1n) is 5.84. The smallest absolute Gasteiger partial charge is 0.385 e. The number of hydrogen-bond acceptors (Lipinski definition) is 3. The molecule has 7 heteroatoms. The molecule has 0 unspecified atom stereocenters. The minimum atomic E-state index is -4.54. The third kappa shape index (κ3) is 2.85. The number of hydrogen-bond donors (Lipinski definition) is 1. The van der Waals surface area contributed by atoms with Gasteiger partial charge >= 0.3 is 6.18 Å². The molecule has 1 heterocycles. The summed E-state index contributed by atoms with van der Waals surface area (Å²) in [6.45, 7) is 2.36. The van der Waals surface area contributed by atoms with Gasteiger partial charge in [-0.05, 0) is 13.0 Å². The molecule has 0 aliphatic heterocycles. The first kappa shape index (κ1) is 14.6. The molecule has 0 saturated heterocycles. The average molecular weight is 296 g/mol. The van der Waals surface area contributed by atoms with Crippen LogP contribution in [0.4, 0.5) is 13.2 Å². The largest absolute Gasteiger partial charge is 0.433 e. The van der Waals surface area contributed by atoms with Crippen molar-refractivity contribution in [3.63, 3.8) is 0 Å². The van der Waals surface area contributed by atoms with Crippen LogP contribution in [0.15, 0.2) is 12.1 Å². The van der Waals surface area contributed by atoms with E-state index in [1.807, 2.05) is 6.92 Å². The summed E-state index contributed by atoms with van der Waals surface area (Å²) in [5, 5.41) is 9.95. The van der Waals surface area contributed by atoms with E-state index in [4.69, 9.17) is 16.3 Å². The number of alkyl halides is 3. The van der Waals surface area contributed by atoms with Crippen molar-refractivity contribution < 1.29 is 23.0 Å². The van der Waals surface area contributed by atoms with Gasteiger partial charge in [0.25, 0.3) is 0 Å². The Kier molecular flexibility index (Phi) is 3.77. The van der Waals surface area contributed by atoms with E-state index in [0.29, 0.717) is 19.4 Å². The van der Waals surface area contributed by atoms with Crippen molar-refractivity contribution in [3.8, 4) is 0 Å². The van der Waals surface area contributed by atoms with Crippen LogP contribution in [-0.2, 0) is 16.5 Å². The fraction of sp³-hybridized carbons (Fsp3) is 0.583. The monoisotopic (exact) mass is 295 g/mol. The normalized spacial score (nSPS) is 27.2. The number of aromatic nitrogens is 1. The first-order chi connectivity index (χ1) is 8.76. The molecule has 1 saturated carbocycles. The highest BCUT2D eigenvalue weighted by molar-refractivity contribution is 6.30. The third-order valence-corrected chi connectivity index (χ3v) is 3.46. The van der Waals surface area contributed by atoms with Gasteiger partial charge in [-0.25, -0.2) is 4.98 Å². The van der Waals surface area contributed by atoms with Crippen LogP contribution in [-0.4, -0.2) is 22.8 Å². The second-order valence-electron chi connectivity index (χ2n) is 4.55. The fourth-order valence-electron chi connectivity index (χ4n) is 2.21. The lowest BCUT2D eigenvalue weighted by molar-refractivity contribution is -0.145. The van der Waals surface area contributed by atoms with Gasteiger partial charge in [0.15, 0.2) is 0 Å². The predicted molar refractivity (Wildman–Crippen MR) is 62.8 cm³/mol. The molecule has 1 aromatic rings. The summed E-state index contributed by atoms with van der Waals surface area (Å²) >= 11 is 5.75. The van der Waals surface area contributed by atoms with Crippen LogP contribution in [0.3, 0.4) is 0 Å². The quantitative estimate of drug-likeness (QED) is 0.871. The second-order valence-corrected chi connectivity index (χ2v) is 4.91. The van der Waals surface area contributed by atoms with E-state index in [2.05, 4.69) is 4.98 Å². The van der Waals surface area contributed by atoms with Crippen LogP contribution in [0, 0.1) is 0 Å². The lowest BCUT2D eigenvalue weighted by Gasteiger charge is -2.43.